The van der Waals surface area contributed by atoms with Crippen molar-refractivity contribution in [3.05, 3.63) is 65.0 Å². The van der Waals surface area contributed by atoms with Crippen LogP contribution in [0.1, 0.15) is 13.0 Å². The van der Waals surface area contributed by atoms with Gasteiger partial charge in [0, 0.05) is 25.7 Å². The third kappa shape index (κ3) is 3.13. The number of ketones is 1. The number of fused-ring (bicyclic) bond motifs is 1. The van der Waals surface area contributed by atoms with E-state index in [0.29, 0.717) is 5.69 Å². The zero-order valence-corrected chi connectivity index (χ0v) is 14.8. The minimum absolute atomic E-state index is 0.437. The number of aromatic nitrogens is 2. The highest BCUT2D eigenvalue weighted by molar-refractivity contribution is 6.02. The van der Waals surface area contributed by atoms with E-state index in [0.717, 1.165) is 21.0 Å². The van der Waals surface area contributed by atoms with Crippen LogP contribution >= 0.6 is 0 Å². The molecule has 0 aliphatic rings. The Morgan fingerprint density at radius 1 is 1.00 bits per heavy atom. The molecular weight excluding hydrogens is 330 g/mol. The fourth-order valence-electron chi connectivity index (χ4n) is 2.90. The molecule has 26 heavy (non-hydrogen) atoms. The van der Waals surface area contributed by atoms with Gasteiger partial charge >= 0.3 is 0 Å². The first-order valence-electron chi connectivity index (χ1n) is 8.20. The zero-order valence-electron chi connectivity index (χ0n) is 14.8. The summed E-state index contributed by atoms with van der Waals surface area (Å²) in [5.74, 6) is -0.921. The maximum atomic E-state index is 12.4. The number of nitrogens with zero attached hydrogens (tertiary/aromatic N) is 3. The highest BCUT2D eigenvalue weighted by Crippen LogP contribution is 2.26. The van der Waals surface area contributed by atoms with Crippen LogP contribution in [-0.4, -0.2) is 40.5 Å². The van der Waals surface area contributed by atoms with Gasteiger partial charge in [0.1, 0.15) is 0 Å². The molecule has 0 aliphatic heterocycles. The molecular formula is C20H19N3O3. The van der Waals surface area contributed by atoms with Crippen molar-refractivity contribution in [2.45, 2.75) is 13.0 Å². The van der Waals surface area contributed by atoms with Crippen molar-refractivity contribution in [2.75, 3.05) is 14.1 Å². The summed E-state index contributed by atoms with van der Waals surface area (Å²) in [6.07, 6.45) is 0. The van der Waals surface area contributed by atoms with Crippen molar-refractivity contribution >= 4 is 22.5 Å². The summed E-state index contributed by atoms with van der Waals surface area (Å²) in [5.41, 5.74) is 0.861. The van der Waals surface area contributed by atoms with Gasteiger partial charge in [-0.25, -0.2) is 4.68 Å². The zero-order chi connectivity index (χ0) is 18.8. The Hall–Kier alpha value is -3.28. The number of likely N-dealkylation sites (N-methyl/N-ethyl adjacent to an activating group) is 1. The molecule has 1 aromatic heterocycles. The summed E-state index contributed by atoms with van der Waals surface area (Å²) >= 11 is 0. The molecule has 0 radical (unpaired) electrons. The Morgan fingerprint density at radius 3 is 2.38 bits per heavy atom. The molecule has 1 heterocycles. The second-order valence-corrected chi connectivity index (χ2v) is 6.27. The minimum Gasteiger partial charge on any atom is -0.347 e. The summed E-state index contributed by atoms with van der Waals surface area (Å²) in [5, 5.41) is 6.37. The lowest BCUT2D eigenvalue weighted by Gasteiger charge is -2.20. The predicted octanol–water partition coefficient (Wildman–Crippen LogP) is 2.28. The van der Waals surface area contributed by atoms with Gasteiger partial charge in [0.15, 0.2) is 11.8 Å². The predicted molar refractivity (Wildman–Crippen MR) is 99.9 cm³/mol. The molecule has 1 amide bonds. The van der Waals surface area contributed by atoms with Crippen molar-refractivity contribution in [2.24, 2.45) is 0 Å². The Kier molecular flexibility index (Phi) is 4.67. The van der Waals surface area contributed by atoms with Gasteiger partial charge in [-0.05, 0) is 23.8 Å². The molecule has 0 unspecified atom stereocenters. The van der Waals surface area contributed by atoms with Crippen LogP contribution in [0.2, 0.25) is 0 Å². The molecule has 0 aliphatic carbocycles. The van der Waals surface area contributed by atoms with Crippen LogP contribution in [0.4, 0.5) is 0 Å². The lowest BCUT2D eigenvalue weighted by Crippen LogP contribution is -2.41. The molecule has 132 valence electrons. The van der Waals surface area contributed by atoms with Crippen LogP contribution in [-0.2, 0) is 9.59 Å². The van der Waals surface area contributed by atoms with E-state index in [-0.39, 0.29) is 0 Å². The number of carbonyl (C=O) groups excluding carboxylic acids is 2. The van der Waals surface area contributed by atoms with Gasteiger partial charge in [-0.15, -0.1) is 0 Å². The first-order valence-corrected chi connectivity index (χ1v) is 8.20. The minimum atomic E-state index is -1.27. The topological polar surface area (TPSA) is 72.3 Å². The van der Waals surface area contributed by atoms with Crippen molar-refractivity contribution in [3.8, 4) is 11.3 Å². The van der Waals surface area contributed by atoms with E-state index in [1.54, 1.807) is 6.07 Å². The third-order valence-electron chi connectivity index (χ3n) is 4.19. The van der Waals surface area contributed by atoms with E-state index < -0.39 is 23.3 Å². The molecule has 0 saturated heterocycles. The Bertz CT molecular complexity index is 1050. The van der Waals surface area contributed by atoms with E-state index >= 15 is 0 Å². The summed E-state index contributed by atoms with van der Waals surface area (Å²) in [6, 6.07) is 15.3. The normalized spacial score (nSPS) is 12.0. The second-order valence-electron chi connectivity index (χ2n) is 6.27. The first-order chi connectivity index (χ1) is 12.4. The summed E-state index contributed by atoms with van der Waals surface area (Å²) in [4.78, 5) is 38.1. The molecule has 0 spiro atoms. The van der Waals surface area contributed by atoms with E-state index in [1.165, 1.54) is 32.0 Å². The number of benzene rings is 2. The van der Waals surface area contributed by atoms with Crippen molar-refractivity contribution in [1.29, 1.82) is 0 Å². The average Bonchev–Trinajstić information content (AvgIpc) is 2.62. The van der Waals surface area contributed by atoms with Crippen LogP contribution in [0.3, 0.4) is 0 Å². The van der Waals surface area contributed by atoms with E-state index in [2.05, 4.69) is 5.10 Å². The van der Waals surface area contributed by atoms with Crippen LogP contribution in [0.25, 0.3) is 22.0 Å². The molecule has 6 nitrogen and oxygen atoms in total. The maximum absolute atomic E-state index is 12.4. The van der Waals surface area contributed by atoms with Gasteiger partial charge in [0.05, 0.1) is 5.69 Å². The Balaban J connectivity index is 2.20. The number of rotatable bonds is 4. The summed E-state index contributed by atoms with van der Waals surface area (Å²) < 4.78 is 0.974. The van der Waals surface area contributed by atoms with Crippen molar-refractivity contribution in [1.82, 2.24) is 14.7 Å². The molecule has 3 aromatic rings. The van der Waals surface area contributed by atoms with Gasteiger partial charge in [0.25, 0.3) is 11.5 Å². The first kappa shape index (κ1) is 17.5. The number of hydrogen-bond donors (Lipinski definition) is 0. The van der Waals surface area contributed by atoms with Crippen LogP contribution in [0.5, 0.6) is 0 Å². The number of Topliss-reactive ketones (excluding diaryl/α,β-unsaturated/α-hetero) is 1. The van der Waals surface area contributed by atoms with Gasteiger partial charge in [-0.1, -0.05) is 42.5 Å². The molecule has 0 saturated carbocycles. The van der Waals surface area contributed by atoms with Gasteiger partial charge in [-0.2, -0.15) is 5.10 Å². The van der Waals surface area contributed by atoms with Gasteiger partial charge < -0.3 is 4.90 Å². The van der Waals surface area contributed by atoms with Gasteiger partial charge in [-0.3, -0.25) is 14.4 Å². The Labute approximate surface area is 150 Å². The number of carbonyl (C=O) groups is 2. The van der Waals surface area contributed by atoms with Crippen LogP contribution in [0, 0.1) is 0 Å². The summed E-state index contributed by atoms with van der Waals surface area (Å²) in [7, 11) is 3.08. The average molecular weight is 349 g/mol. The number of hydrogen-bond acceptors (Lipinski definition) is 4. The molecule has 1 atom stereocenters. The lowest BCUT2D eigenvalue weighted by molar-refractivity contribution is -0.138. The van der Waals surface area contributed by atoms with Gasteiger partial charge in [0.2, 0.25) is 0 Å². The largest absolute Gasteiger partial charge is 0.347 e. The van der Waals surface area contributed by atoms with E-state index in [4.69, 9.17) is 0 Å². The molecule has 0 fully saturated rings. The number of amides is 1. The summed E-state index contributed by atoms with van der Waals surface area (Å²) in [6.45, 7) is 1.28. The lowest BCUT2D eigenvalue weighted by atomic mass is 10.0. The van der Waals surface area contributed by atoms with Crippen molar-refractivity contribution < 1.29 is 9.59 Å². The smallest absolute Gasteiger partial charge is 0.267 e. The highest BCUT2D eigenvalue weighted by atomic mass is 16.2. The second kappa shape index (κ2) is 6.92. The monoisotopic (exact) mass is 349 g/mol. The Morgan fingerprint density at radius 2 is 1.69 bits per heavy atom. The standard InChI is InChI=1S/C20H19N3O3/c1-13(24)19(20(26)22(2)3)23-18(25)12-11-17(21-23)16-10-6-8-14-7-4-5-9-15(14)16/h4-12,19H,1-3H3/t19-/m0/s1. The fraction of sp³-hybridized carbons (Fsp3) is 0.200. The molecule has 6 heteroatoms. The highest BCUT2D eigenvalue weighted by Gasteiger charge is 2.29. The molecule has 0 bridgehead atoms. The molecule has 0 N–H and O–H groups in total. The third-order valence-corrected chi connectivity index (χ3v) is 4.19. The molecule has 2 aromatic carbocycles. The van der Waals surface area contributed by atoms with Crippen molar-refractivity contribution in [3.63, 3.8) is 0 Å². The quantitative estimate of drug-likeness (QED) is 0.678. The van der Waals surface area contributed by atoms with E-state index in [1.807, 2.05) is 42.5 Å². The van der Waals surface area contributed by atoms with Crippen LogP contribution < -0.4 is 5.56 Å². The molecule has 3 rings (SSSR count). The fourth-order valence-corrected chi connectivity index (χ4v) is 2.90. The van der Waals surface area contributed by atoms with Crippen LogP contribution in [0.15, 0.2) is 59.4 Å². The SMILES string of the molecule is CC(=O)[C@@H](C(=O)N(C)C)n1nc(-c2cccc3ccccc23)ccc1=O. The maximum Gasteiger partial charge on any atom is 0.267 e. The van der Waals surface area contributed by atoms with E-state index in [9.17, 15) is 14.4 Å².